The Kier molecular flexibility index (Phi) is 4.52. The van der Waals surface area contributed by atoms with Crippen molar-refractivity contribution >= 4 is 28.5 Å². The van der Waals surface area contributed by atoms with Crippen LogP contribution in [0.25, 0.3) is 0 Å². The van der Waals surface area contributed by atoms with Crippen LogP contribution in [0.4, 0.5) is 0 Å². The SMILES string of the molecule is CCCOc1cc(Br)cc(B2OC(C)(C)C(C)(C)O2)c1. The molecular formula is C15H22BBrO3. The molecule has 0 atom stereocenters. The Morgan fingerprint density at radius 1 is 1.10 bits per heavy atom. The normalized spacial score (nSPS) is 20.2. The summed E-state index contributed by atoms with van der Waals surface area (Å²) in [6, 6.07) is 5.97. The monoisotopic (exact) mass is 340 g/mol. The van der Waals surface area contributed by atoms with E-state index in [-0.39, 0.29) is 18.3 Å². The van der Waals surface area contributed by atoms with Crippen molar-refractivity contribution in [3.63, 3.8) is 0 Å². The van der Waals surface area contributed by atoms with Crippen molar-refractivity contribution < 1.29 is 14.0 Å². The van der Waals surface area contributed by atoms with Crippen LogP contribution in [0.5, 0.6) is 5.75 Å². The van der Waals surface area contributed by atoms with Crippen LogP contribution in [-0.2, 0) is 9.31 Å². The molecule has 1 fully saturated rings. The maximum atomic E-state index is 6.07. The Hall–Kier alpha value is -0.515. The average Bonchev–Trinajstić information content (AvgIpc) is 2.55. The lowest BCUT2D eigenvalue weighted by molar-refractivity contribution is 0.00578. The maximum Gasteiger partial charge on any atom is 0.495 e. The van der Waals surface area contributed by atoms with Crippen LogP contribution in [-0.4, -0.2) is 24.9 Å². The molecule has 2 rings (SSSR count). The molecule has 0 radical (unpaired) electrons. The van der Waals surface area contributed by atoms with E-state index in [1.54, 1.807) is 0 Å². The molecule has 1 aromatic carbocycles. The molecule has 1 saturated heterocycles. The molecule has 3 nitrogen and oxygen atoms in total. The maximum absolute atomic E-state index is 6.07. The summed E-state index contributed by atoms with van der Waals surface area (Å²) in [5, 5.41) is 0. The molecule has 1 heterocycles. The number of hydrogen-bond acceptors (Lipinski definition) is 3. The summed E-state index contributed by atoms with van der Waals surface area (Å²) in [4.78, 5) is 0. The number of halogens is 1. The fraction of sp³-hybridized carbons (Fsp3) is 0.600. The van der Waals surface area contributed by atoms with Gasteiger partial charge in [-0.2, -0.15) is 0 Å². The Morgan fingerprint density at radius 2 is 1.70 bits per heavy atom. The van der Waals surface area contributed by atoms with Crippen molar-refractivity contribution in [1.82, 2.24) is 0 Å². The van der Waals surface area contributed by atoms with E-state index in [0.29, 0.717) is 6.61 Å². The van der Waals surface area contributed by atoms with Crippen LogP contribution in [0.1, 0.15) is 41.0 Å². The molecule has 0 aliphatic carbocycles. The van der Waals surface area contributed by atoms with E-state index in [2.05, 4.69) is 50.5 Å². The fourth-order valence-corrected chi connectivity index (χ4v) is 2.49. The largest absolute Gasteiger partial charge is 0.495 e. The summed E-state index contributed by atoms with van der Waals surface area (Å²) >= 11 is 3.52. The van der Waals surface area contributed by atoms with Crippen LogP contribution >= 0.6 is 15.9 Å². The zero-order chi connectivity index (χ0) is 15.0. The minimum atomic E-state index is -0.360. The van der Waals surface area contributed by atoms with Gasteiger partial charge in [0.15, 0.2) is 0 Å². The highest BCUT2D eigenvalue weighted by molar-refractivity contribution is 9.10. The van der Waals surface area contributed by atoms with E-state index in [0.717, 1.165) is 22.1 Å². The van der Waals surface area contributed by atoms with Crippen LogP contribution in [0.15, 0.2) is 22.7 Å². The first kappa shape index (κ1) is 15.9. The van der Waals surface area contributed by atoms with E-state index in [1.807, 2.05) is 18.2 Å². The van der Waals surface area contributed by atoms with Gasteiger partial charge in [-0.1, -0.05) is 22.9 Å². The molecule has 0 N–H and O–H groups in total. The highest BCUT2D eigenvalue weighted by Gasteiger charge is 2.51. The molecule has 0 saturated carbocycles. The lowest BCUT2D eigenvalue weighted by atomic mass is 9.79. The van der Waals surface area contributed by atoms with E-state index in [1.165, 1.54) is 0 Å². The Labute approximate surface area is 130 Å². The van der Waals surface area contributed by atoms with E-state index >= 15 is 0 Å². The molecule has 0 amide bonds. The number of benzene rings is 1. The fourth-order valence-electron chi connectivity index (χ4n) is 2.00. The molecule has 1 aliphatic heterocycles. The van der Waals surface area contributed by atoms with E-state index < -0.39 is 0 Å². The average molecular weight is 341 g/mol. The molecule has 20 heavy (non-hydrogen) atoms. The molecule has 1 aromatic rings. The minimum absolute atomic E-state index is 0.329. The summed E-state index contributed by atoms with van der Waals surface area (Å²) in [5.74, 6) is 0.839. The Bertz CT molecular complexity index is 472. The van der Waals surface area contributed by atoms with Gasteiger partial charge in [0.05, 0.1) is 17.8 Å². The first-order valence-electron chi connectivity index (χ1n) is 7.04. The van der Waals surface area contributed by atoms with Crippen LogP contribution < -0.4 is 10.2 Å². The zero-order valence-electron chi connectivity index (χ0n) is 12.8. The van der Waals surface area contributed by atoms with E-state index in [9.17, 15) is 0 Å². The summed E-state index contributed by atoms with van der Waals surface area (Å²) < 4.78 is 18.8. The van der Waals surface area contributed by atoms with Gasteiger partial charge in [0.2, 0.25) is 0 Å². The van der Waals surface area contributed by atoms with Gasteiger partial charge in [0, 0.05) is 4.47 Å². The van der Waals surface area contributed by atoms with Crippen molar-refractivity contribution in [3.8, 4) is 5.75 Å². The molecule has 1 aliphatic rings. The third-order valence-electron chi connectivity index (χ3n) is 3.89. The standard InChI is InChI=1S/C15H22BBrO3/c1-6-7-18-13-9-11(8-12(17)10-13)16-19-14(2,3)15(4,5)20-16/h8-10H,6-7H2,1-5H3. The second-order valence-electron chi connectivity index (χ2n) is 6.16. The van der Waals surface area contributed by atoms with Gasteiger partial charge in [-0.15, -0.1) is 0 Å². The molecule has 110 valence electrons. The van der Waals surface area contributed by atoms with Gasteiger partial charge in [-0.25, -0.2) is 0 Å². The highest BCUT2D eigenvalue weighted by Crippen LogP contribution is 2.36. The predicted octanol–water partition coefficient (Wildman–Crippen LogP) is 3.54. The van der Waals surface area contributed by atoms with Crippen molar-refractivity contribution in [2.45, 2.75) is 52.2 Å². The second-order valence-corrected chi connectivity index (χ2v) is 7.07. The number of rotatable bonds is 4. The zero-order valence-corrected chi connectivity index (χ0v) is 14.4. The van der Waals surface area contributed by atoms with Crippen molar-refractivity contribution in [2.24, 2.45) is 0 Å². The summed E-state index contributed by atoms with van der Waals surface area (Å²) in [5.41, 5.74) is 0.318. The number of ether oxygens (including phenoxy) is 1. The lowest BCUT2D eigenvalue weighted by Crippen LogP contribution is -2.41. The Morgan fingerprint density at radius 3 is 2.25 bits per heavy atom. The van der Waals surface area contributed by atoms with Gasteiger partial charge < -0.3 is 14.0 Å². The lowest BCUT2D eigenvalue weighted by Gasteiger charge is -2.32. The predicted molar refractivity (Wildman–Crippen MR) is 85.6 cm³/mol. The molecular weight excluding hydrogens is 319 g/mol. The summed E-state index contributed by atoms with van der Waals surface area (Å²) in [6.45, 7) is 11.0. The molecule has 0 unspecified atom stereocenters. The third-order valence-corrected chi connectivity index (χ3v) is 4.35. The number of hydrogen-bond donors (Lipinski definition) is 0. The molecule has 5 heteroatoms. The topological polar surface area (TPSA) is 27.7 Å². The first-order valence-corrected chi connectivity index (χ1v) is 7.83. The van der Waals surface area contributed by atoms with Crippen LogP contribution in [0, 0.1) is 0 Å². The van der Waals surface area contributed by atoms with Gasteiger partial charge in [0.1, 0.15) is 5.75 Å². The third kappa shape index (κ3) is 3.21. The van der Waals surface area contributed by atoms with Gasteiger partial charge in [-0.05, 0) is 57.8 Å². The second kappa shape index (κ2) is 5.70. The summed E-state index contributed by atoms with van der Waals surface area (Å²) in [7, 11) is -0.360. The Balaban J connectivity index is 2.23. The highest BCUT2D eigenvalue weighted by atomic mass is 79.9. The minimum Gasteiger partial charge on any atom is -0.494 e. The van der Waals surface area contributed by atoms with Gasteiger partial charge in [-0.3, -0.25) is 0 Å². The molecule has 0 spiro atoms. The van der Waals surface area contributed by atoms with E-state index in [4.69, 9.17) is 14.0 Å². The van der Waals surface area contributed by atoms with Gasteiger partial charge in [0.25, 0.3) is 0 Å². The van der Waals surface area contributed by atoms with Crippen LogP contribution in [0.3, 0.4) is 0 Å². The molecule has 0 aromatic heterocycles. The summed E-state index contributed by atoms with van der Waals surface area (Å²) in [6.07, 6.45) is 0.984. The van der Waals surface area contributed by atoms with Crippen LogP contribution in [0.2, 0.25) is 0 Å². The quantitative estimate of drug-likeness (QED) is 0.785. The van der Waals surface area contributed by atoms with Crippen molar-refractivity contribution in [1.29, 1.82) is 0 Å². The van der Waals surface area contributed by atoms with Crippen molar-refractivity contribution in [2.75, 3.05) is 6.61 Å². The first-order chi connectivity index (χ1) is 9.25. The van der Waals surface area contributed by atoms with Crippen molar-refractivity contribution in [3.05, 3.63) is 22.7 Å². The van der Waals surface area contributed by atoms with Gasteiger partial charge >= 0.3 is 7.12 Å². The smallest absolute Gasteiger partial charge is 0.494 e. The molecule has 0 bridgehead atoms.